The van der Waals surface area contributed by atoms with Gasteiger partial charge in [-0.1, -0.05) is 0 Å². The fourth-order valence-electron chi connectivity index (χ4n) is 3.85. The van der Waals surface area contributed by atoms with E-state index in [2.05, 4.69) is 16.0 Å². The standard InChI is InChI=1S/C19H25N3O3/c20-12-15-3-6-18(21-13-15)22-9-7-17(8-10-22)25-16-4-1-14(2-5-16)11-19(23)24/h3,6,13-14,16-17H,1-2,4-5,7-11H2,(H,23,24). The molecule has 1 aromatic heterocycles. The minimum atomic E-state index is -0.687. The maximum Gasteiger partial charge on any atom is 0.303 e. The van der Waals surface area contributed by atoms with Gasteiger partial charge in [-0.25, -0.2) is 4.98 Å². The van der Waals surface area contributed by atoms with Gasteiger partial charge in [-0.2, -0.15) is 5.26 Å². The first-order valence-corrected chi connectivity index (χ1v) is 9.12. The van der Waals surface area contributed by atoms with Gasteiger partial charge < -0.3 is 14.7 Å². The number of anilines is 1. The lowest BCUT2D eigenvalue weighted by Gasteiger charge is -2.36. The molecule has 2 fully saturated rings. The van der Waals surface area contributed by atoms with Crippen LogP contribution >= 0.6 is 0 Å². The van der Waals surface area contributed by atoms with Gasteiger partial charge in [0.2, 0.25) is 0 Å². The van der Waals surface area contributed by atoms with Crippen LogP contribution in [0.1, 0.15) is 50.5 Å². The summed E-state index contributed by atoms with van der Waals surface area (Å²) < 4.78 is 6.27. The molecular weight excluding hydrogens is 318 g/mol. The molecule has 0 radical (unpaired) electrons. The van der Waals surface area contributed by atoms with Crippen molar-refractivity contribution in [2.45, 2.75) is 57.2 Å². The van der Waals surface area contributed by atoms with E-state index in [0.717, 1.165) is 57.4 Å². The topological polar surface area (TPSA) is 86.5 Å². The first-order valence-electron chi connectivity index (χ1n) is 9.12. The van der Waals surface area contributed by atoms with Crippen LogP contribution in [0.3, 0.4) is 0 Å². The Bertz CT molecular complexity index is 610. The second-order valence-electron chi connectivity index (χ2n) is 7.08. The number of aromatic nitrogens is 1. The van der Waals surface area contributed by atoms with E-state index in [0.29, 0.717) is 17.9 Å². The predicted octanol–water partition coefficient (Wildman–Crippen LogP) is 2.97. The Kier molecular flexibility index (Phi) is 5.87. The molecular formula is C19H25N3O3. The summed E-state index contributed by atoms with van der Waals surface area (Å²) in [5.41, 5.74) is 0.584. The highest BCUT2D eigenvalue weighted by Gasteiger charge is 2.27. The van der Waals surface area contributed by atoms with Crippen molar-refractivity contribution in [1.29, 1.82) is 5.26 Å². The van der Waals surface area contributed by atoms with Crippen molar-refractivity contribution in [1.82, 2.24) is 4.98 Å². The number of pyridine rings is 1. The summed E-state index contributed by atoms with van der Waals surface area (Å²) in [6.07, 6.45) is 8.34. The summed E-state index contributed by atoms with van der Waals surface area (Å²) in [6, 6.07) is 5.80. The Labute approximate surface area is 148 Å². The van der Waals surface area contributed by atoms with Gasteiger partial charge in [0.1, 0.15) is 11.9 Å². The predicted molar refractivity (Wildman–Crippen MR) is 93.3 cm³/mol. The van der Waals surface area contributed by atoms with Gasteiger partial charge in [0.25, 0.3) is 0 Å². The third-order valence-corrected chi connectivity index (χ3v) is 5.28. The first kappa shape index (κ1) is 17.7. The molecule has 1 aliphatic heterocycles. The fourth-order valence-corrected chi connectivity index (χ4v) is 3.85. The first-order chi connectivity index (χ1) is 12.1. The van der Waals surface area contributed by atoms with E-state index >= 15 is 0 Å². The summed E-state index contributed by atoms with van der Waals surface area (Å²) in [4.78, 5) is 17.4. The second kappa shape index (κ2) is 8.30. The molecule has 134 valence electrons. The maximum absolute atomic E-state index is 10.8. The van der Waals surface area contributed by atoms with Crippen LogP contribution in [-0.4, -0.2) is 41.4 Å². The highest BCUT2D eigenvalue weighted by Crippen LogP contribution is 2.30. The largest absolute Gasteiger partial charge is 0.481 e. The number of hydrogen-bond donors (Lipinski definition) is 1. The molecule has 1 saturated carbocycles. The monoisotopic (exact) mass is 343 g/mol. The van der Waals surface area contributed by atoms with Crippen LogP contribution in [0, 0.1) is 17.2 Å². The average Bonchev–Trinajstić information content (AvgIpc) is 2.64. The molecule has 0 bridgehead atoms. The highest BCUT2D eigenvalue weighted by atomic mass is 16.5. The number of nitrogens with zero attached hydrogens (tertiary/aromatic N) is 3. The molecule has 2 heterocycles. The second-order valence-corrected chi connectivity index (χ2v) is 7.08. The molecule has 1 N–H and O–H groups in total. The zero-order valence-electron chi connectivity index (χ0n) is 14.4. The van der Waals surface area contributed by atoms with Crippen molar-refractivity contribution in [2.75, 3.05) is 18.0 Å². The summed E-state index contributed by atoms with van der Waals surface area (Å²) in [6.45, 7) is 1.83. The van der Waals surface area contributed by atoms with Gasteiger partial charge in [-0.05, 0) is 56.6 Å². The molecule has 1 saturated heterocycles. The van der Waals surface area contributed by atoms with Gasteiger partial charge in [0, 0.05) is 25.7 Å². The summed E-state index contributed by atoms with van der Waals surface area (Å²) in [5, 5.41) is 17.7. The molecule has 6 heteroatoms. The van der Waals surface area contributed by atoms with Crippen molar-refractivity contribution < 1.29 is 14.6 Å². The zero-order valence-corrected chi connectivity index (χ0v) is 14.4. The molecule has 1 aliphatic carbocycles. The van der Waals surface area contributed by atoms with Gasteiger partial charge in [-0.3, -0.25) is 4.79 Å². The highest BCUT2D eigenvalue weighted by molar-refractivity contribution is 5.67. The number of carboxylic acids is 1. The molecule has 3 rings (SSSR count). The van der Waals surface area contributed by atoms with Gasteiger partial charge in [0.15, 0.2) is 0 Å². The Balaban J connectivity index is 1.41. The van der Waals surface area contributed by atoms with Crippen LogP contribution in [0.2, 0.25) is 0 Å². The normalized spacial score (nSPS) is 24.7. The third kappa shape index (κ3) is 4.93. The zero-order chi connectivity index (χ0) is 17.6. The lowest BCUT2D eigenvalue weighted by molar-refractivity contribution is -0.138. The molecule has 6 nitrogen and oxygen atoms in total. The van der Waals surface area contributed by atoms with Crippen LogP contribution in [0.4, 0.5) is 5.82 Å². The van der Waals surface area contributed by atoms with Crippen LogP contribution < -0.4 is 4.90 Å². The van der Waals surface area contributed by atoms with Crippen molar-refractivity contribution in [3.05, 3.63) is 23.9 Å². The fraction of sp³-hybridized carbons (Fsp3) is 0.632. The lowest BCUT2D eigenvalue weighted by atomic mass is 9.85. The molecule has 0 atom stereocenters. The lowest BCUT2D eigenvalue weighted by Crippen LogP contribution is -2.39. The van der Waals surface area contributed by atoms with E-state index < -0.39 is 5.97 Å². The summed E-state index contributed by atoms with van der Waals surface area (Å²) in [7, 11) is 0. The van der Waals surface area contributed by atoms with Crippen LogP contribution in [0.15, 0.2) is 18.3 Å². The Morgan fingerprint density at radius 2 is 1.88 bits per heavy atom. The Morgan fingerprint density at radius 3 is 2.44 bits per heavy atom. The number of rotatable bonds is 5. The van der Waals surface area contributed by atoms with E-state index in [-0.39, 0.29) is 12.2 Å². The number of hydrogen-bond acceptors (Lipinski definition) is 5. The Hall–Kier alpha value is -2.13. The smallest absolute Gasteiger partial charge is 0.303 e. The molecule has 25 heavy (non-hydrogen) atoms. The quantitative estimate of drug-likeness (QED) is 0.884. The summed E-state index contributed by atoms with van der Waals surface area (Å²) in [5.74, 6) is 0.557. The number of piperidine rings is 1. The van der Waals surface area contributed by atoms with Gasteiger partial charge in [-0.15, -0.1) is 0 Å². The van der Waals surface area contributed by atoms with Crippen molar-refractivity contribution in [3.8, 4) is 6.07 Å². The number of ether oxygens (including phenoxy) is 1. The van der Waals surface area contributed by atoms with Crippen molar-refractivity contribution in [2.24, 2.45) is 5.92 Å². The number of carbonyl (C=O) groups is 1. The minimum absolute atomic E-state index is 0.287. The van der Waals surface area contributed by atoms with Crippen molar-refractivity contribution in [3.63, 3.8) is 0 Å². The van der Waals surface area contributed by atoms with E-state index in [9.17, 15) is 4.79 Å². The molecule has 1 aromatic rings. The molecule has 2 aliphatic rings. The number of carboxylic acid groups (broad SMARTS) is 1. The Morgan fingerprint density at radius 1 is 1.20 bits per heavy atom. The maximum atomic E-state index is 10.8. The van der Waals surface area contributed by atoms with E-state index in [4.69, 9.17) is 15.1 Å². The van der Waals surface area contributed by atoms with Gasteiger partial charge in [0.05, 0.1) is 17.8 Å². The minimum Gasteiger partial charge on any atom is -0.481 e. The van der Waals surface area contributed by atoms with E-state index in [1.807, 2.05) is 6.07 Å². The van der Waals surface area contributed by atoms with E-state index in [1.54, 1.807) is 12.3 Å². The molecule has 0 aromatic carbocycles. The summed E-state index contributed by atoms with van der Waals surface area (Å²) >= 11 is 0. The van der Waals surface area contributed by atoms with Crippen molar-refractivity contribution >= 4 is 11.8 Å². The van der Waals surface area contributed by atoms with Crippen LogP contribution in [-0.2, 0) is 9.53 Å². The third-order valence-electron chi connectivity index (χ3n) is 5.28. The molecule has 0 spiro atoms. The van der Waals surface area contributed by atoms with Crippen LogP contribution in [0.25, 0.3) is 0 Å². The molecule has 0 amide bonds. The SMILES string of the molecule is N#Cc1ccc(N2CCC(OC3CCC(CC(=O)O)CC3)CC2)nc1. The number of aliphatic carboxylic acids is 1. The average molecular weight is 343 g/mol. The van der Waals surface area contributed by atoms with Gasteiger partial charge >= 0.3 is 5.97 Å². The number of nitriles is 1. The van der Waals surface area contributed by atoms with E-state index in [1.165, 1.54) is 0 Å². The molecule has 0 unspecified atom stereocenters. The van der Waals surface area contributed by atoms with Crippen LogP contribution in [0.5, 0.6) is 0 Å².